The first kappa shape index (κ1) is 38.5. The zero-order valence-corrected chi connectivity index (χ0v) is 27.9. The first-order chi connectivity index (χ1) is 24.0. The Kier molecular flexibility index (Phi) is 14.4. The van der Waals surface area contributed by atoms with Crippen LogP contribution < -0.4 is 5.56 Å². The van der Waals surface area contributed by atoms with Gasteiger partial charge in [0.05, 0.1) is 25.4 Å². The number of hydrogen-bond donors (Lipinski definition) is 5. The Morgan fingerprint density at radius 3 is 2.48 bits per heavy atom. The van der Waals surface area contributed by atoms with Crippen molar-refractivity contribution in [2.24, 2.45) is 0 Å². The second-order valence-corrected chi connectivity index (χ2v) is 11.7. The lowest BCUT2D eigenvalue weighted by Gasteiger charge is -2.41. The molecule has 2 saturated heterocycles. The first-order valence-corrected chi connectivity index (χ1v) is 16.3. The van der Waals surface area contributed by atoms with Gasteiger partial charge in [-0.3, -0.25) is 9.36 Å². The maximum absolute atomic E-state index is 12.5. The van der Waals surface area contributed by atoms with Crippen molar-refractivity contribution >= 4 is 23.1 Å². The monoisotopic (exact) mass is 700 g/mol. The number of aliphatic hydroxyl groups excluding tert-OH is 4. The largest absolute Gasteiger partial charge is 0.455 e. The van der Waals surface area contributed by atoms with Crippen LogP contribution in [0.1, 0.15) is 46.3 Å². The van der Waals surface area contributed by atoms with Crippen LogP contribution in [0.5, 0.6) is 0 Å². The Bertz CT molecular complexity index is 1630. The van der Waals surface area contributed by atoms with Crippen molar-refractivity contribution in [1.82, 2.24) is 19.5 Å². The predicted octanol–water partition coefficient (Wildman–Crippen LogP) is 1.04. The van der Waals surface area contributed by atoms with E-state index < -0.39 is 85.5 Å². The van der Waals surface area contributed by atoms with Gasteiger partial charge in [0.1, 0.15) is 36.6 Å². The molecule has 272 valence electrons. The van der Waals surface area contributed by atoms with E-state index >= 15 is 0 Å². The van der Waals surface area contributed by atoms with Crippen molar-refractivity contribution in [3.05, 3.63) is 83.8 Å². The molecule has 10 atom stereocenters. The summed E-state index contributed by atoms with van der Waals surface area (Å²) in [6.07, 6.45) is 8.75. The summed E-state index contributed by atoms with van der Waals surface area (Å²) >= 11 is 0. The molecule has 2 aliphatic rings. The SMILES string of the molecule is CCC/C=C/C=C/C(=O)OC(C)/C=C/C/C=C/C=C/C(=O)O[C@@H]1C(C)O[C@@H](OC2C(O)[C@@H](CO)O[C@H]2n2cnc3c(=O)[nH]cnc32)C(O)C1O. The summed E-state index contributed by atoms with van der Waals surface area (Å²) in [5.74, 6) is -1.24. The molecule has 16 heteroatoms. The average Bonchev–Trinajstić information content (AvgIpc) is 3.66. The molecule has 0 aromatic carbocycles. The van der Waals surface area contributed by atoms with E-state index in [0.717, 1.165) is 18.9 Å². The number of rotatable bonds is 15. The molecule has 4 heterocycles. The van der Waals surface area contributed by atoms with Crippen molar-refractivity contribution in [3.63, 3.8) is 0 Å². The number of nitrogens with zero attached hydrogens (tertiary/aromatic N) is 3. The number of allylic oxidation sites excluding steroid dienone is 7. The van der Waals surface area contributed by atoms with E-state index in [1.807, 2.05) is 6.08 Å². The number of aromatic nitrogens is 4. The molecule has 16 nitrogen and oxygen atoms in total. The van der Waals surface area contributed by atoms with Gasteiger partial charge >= 0.3 is 11.9 Å². The summed E-state index contributed by atoms with van der Waals surface area (Å²) in [4.78, 5) is 47.0. The third kappa shape index (κ3) is 9.91. The van der Waals surface area contributed by atoms with E-state index in [-0.39, 0.29) is 11.2 Å². The van der Waals surface area contributed by atoms with Crippen LogP contribution in [0.15, 0.2) is 78.2 Å². The molecule has 0 spiro atoms. The Morgan fingerprint density at radius 1 is 1.00 bits per heavy atom. The number of imidazole rings is 1. The number of nitrogens with one attached hydrogen (secondary N) is 1. The number of carbonyl (C=O) groups is 2. The molecule has 5 N–H and O–H groups in total. The highest BCUT2D eigenvalue weighted by Crippen LogP contribution is 2.36. The van der Waals surface area contributed by atoms with E-state index in [1.54, 1.807) is 43.4 Å². The number of fused-ring (bicyclic) bond motifs is 1. The van der Waals surface area contributed by atoms with Crippen LogP contribution in [-0.4, -0.2) is 114 Å². The minimum atomic E-state index is -1.72. The number of aromatic amines is 1. The zero-order valence-electron chi connectivity index (χ0n) is 27.9. The van der Waals surface area contributed by atoms with Crippen LogP contribution in [0, 0.1) is 0 Å². The highest BCUT2D eigenvalue weighted by atomic mass is 16.7. The van der Waals surface area contributed by atoms with Crippen LogP contribution in [0.2, 0.25) is 0 Å². The molecule has 2 fully saturated rings. The van der Waals surface area contributed by atoms with Crippen LogP contribution in [0.25, 0.3) is 11.2 Å². The molecular weight excluding hydrogens is 656 g/mol. The van der Waals surface area contributed by atoms with E-state index in [1.165, 1.54) is 36.3 Å². The summed E-state index contributed by atoms with van der Waals surface area (Å²) in [5, 5.41) is 42.4. The minimum Gasteiger partial charge on any atom is -0.455 e. The highest BCUT2D eigenvalue weighted by molar-refractivity contribution is 5.83. The summed E-state index contributed by atoms with van der Waals surface area (Å²) in [5.41, 5.74) is -0.378. The van der Waals surface area contributed by atoms with Gasteiger partial charge in [0.25, 0.3) is 5.56 Å². The van der Waals surface area contributed by atoms with Crippen molar-refractivity contribution in [3.8, 4) is 0 Å². The summed E-state index contributed by atoms with van der Waals surface area (Å²) in [7, 11) is 0. The molecule has 6 unspecified atom stereocenters. The number of esters is 2. The molecule has 2 aromatic heterocycles. The van der Waals surface area contributed by atoms with Crippen molar-refractivity contribution in [2.75, 3.05) is 6.61 Å². The van der Waals surface area contributed by atoms with Gasteiger partial charge < -0.3 is 49.1 Å². The van der Waals surface area contributed by atoms with E-state index in [0.29, 0.717) is 6.42 Å². The van der Waals surface area contributed by atoms with Crippen molar-refractivity contribution in [2.45, 2.75) is 101 Å². The smallest absolute Gasteiger partial charge is 0.331 e. The van der Waals surface area contributed by atoms with Gasteiger partial charge in [-0.15, -0.1) is 0 Å². The van der Waals surface area contributed by atoms with Crippen LogP contribution in [0.3, 0.4) is 0 Å². The average molecular weight is 701 g/mol. The molecule has 0 aliphatic carbocycles. The lowest BCUT2D eigenvalue weighted by atomic mass is 9.99. The number of unbranched alkanes of at least 4 members (excludes halogenated alkanes) is 1. The fraction of sp³-hybridized carbons (Fsp3) is 0.500. The Hall–Kier alpha value is -4.29. The Morgan fingerprint density at radius 2 is 1.74 bits per heavy atom. The standard InChI is InChI=1S/C34H44N4O12/c1-4-5-6-8-12-15-23(40)46-20(2)14-11-9-7-10-13-16-24(41)49-29-21(3)47-34(28(44)27(29)43)50-30-26(42)22(17-39)48-33(30)38-19-37-25-31(38)35-18-36-32(25)45/h6-8,10-16,18-22,26-30,33-34,39,42-44H,4-5,9,17H2,1-3H3,(H,35,36,45)/b8-6+,10-7+,14-11+,15-12+,16-13+/t20?,21?,22-,26?,27?,28?,29-,30?,33-,34+/m1/s1. The molecule has 0 radical (unpaired) electrons. The van der Waals surface area contributed by atoms with E-state index in [9.17, 15) is 34.8 Å². The minimum absolute atomic E-state index is 0.00465. The Labute approximate surface area is 288 Å². The third-order valence-corrected chi connectivity index (χ3v) is 7.85. The topological polar surface area (TPSA) is 225 Å². The van der Waals surface area contributed by atoms with Gasteiger partial charge in [0.15, 0.2) is 29.8 Å². The van der Waals surface area contributed by atoms with Crippen molar-refractivity contribution < 1.29 is 53.7 Å². The lowest BCUT2D eigenvalue weighted by molar-refractivity contribution is -0.314. The fourth-order valence-electron chi connectivity index (χ4n) is 5.28. The van der Waals surface area contributed by atoms with Crippen LogP contribution >= 0.6 is 0 Å². The molecule has 0 saturated carbocycles. The summed E-state index contributed by atoms with van der Waals surface area (Å²) in [6.45, 7) is 4.74. The molecule has 50 heavy (non-hydrogen) atoms. The maximum Gasteiger partial charge on any atom is 0.331 e. The van der Waals surface area contributed by atoms with Gasteiger partial charge in [-0.2, -0.15) is 0 Å². The highest BCUT2D eigenvalue weighted by Gasteiger charge is 2.51. The summed E-state index contributed by atoms with van der Waals surface area (Å²) < 4.78 is 29.4. The van der Waals surface area contributed by atoms with Crippen LogP contribution in [0.4, 0.5) is 0 Å². The molecule has 2 aromatic rings. The maximum atomic E-state index is 12.5. The number of ether oxygens (including phenoxy) is 5. The van der Waals surface area contributed by atoms with Gasteiger partial charge in [0, 0.05) is 12.2 Å². The molecule has 2 aliphatic heterocycles. The second-order valence-electron chi connectivity index (χ2n) is 11.7. The lowest BCUT2D eigenvalue weighted by Crippen LogP contribution is -2.59. The normalized spacial score (nSPS) is 29.7. The van der Waals surface area contributed by atoms with E-state index in [2.05, 4.69) is 21.9 Å². The molecule has 4 rings (SSSR count). The van der Waals surface area contributed by atoms with Gasteiger partial charge in [-0.1, -0.05) is 55.9 Å². The van der Waals surface area contributed by atoms with Crippen LogP contribution in [-0.2, 0) is 33.3 Å². The molecule has 0 bridgehead atoms. The van der Waals surface area contributed by atoms with Gasteiger partial charge in [-0.05, 0) is 32.8 Å². The third-order valence-electron chi connectivity index (χ3n) is 7.85. The molecule has 0 amide bonds. The fourth-order valence-corrected chi connectivity index (χ4v) is 5.28. The van der Waals surface area contributed by atoms with Crippen molar-refractivity contribution in [1.29, 1.82) is 0 Å². The van der Waals surface area contributed by atoms with Gasteiger partial charge in [0.2, 0.25) is 0 Å². The number of H-pyrrole nitrogens is 1. The Balaban J connectivity index is 1.27. The second kappa shape index (κ2) is 18.6. The number of carbonyl (C=O) groups excluding carboxylic acids is 2. The van der Waals surface area contributed by atoms with E-state index in [4.69, 9.17) is 23.7 Å². The predicted molar refractivity (Wildman–Crippen MR) is 177 cm³/mol. The first-order valence-electron chi connectivity index (χ1n) is 16.3. The zero-order chi connectivity index (χ0) is 36.2. The quantitative estimate of drug-likeness (QED) is 0.0758. The molecular formula is C34H44N4O12. The number of aliphatic hydroxyl groups is 4. The summed E-state index contributed by atoms with van der Waals surface area (Å²) in [6, 6.07) is 0. The van der Waals surface area contributed by atoms with Gasteiger partial charge in [-0.25, -0.2) is 19.6 Å². The number of hydrogen-bond acceptors (Lipinski definition) is 14.